The Labute approximate surface area is 370 Å². The average Bonchev–Trinajstić information content (AvgIpc) is 3.36. The molecule has 2 aromatic heterocycles. The lowest BCUT2D eigenvalue weighted by molar-refractivity contribution is 0.0925. The van der Waals surface area contributed by atoms with E-state index in [4.69, 9.17) is 0 Å². The Morgan fingerprint density at radius 3 is 0.719 bits per heavy atom. The summed E-state index contributed by atoms with van der Waals surface area (Å²) in [4.78, 5) is 61.3. The molecule has 64 heavy (non-hydrogen) atoms. The summed E-state index contributed by atoms with van der Waals surface area (Å²) < 4.78 is 0. The van der Waals surface area contributed by atoms with Gasteiger partial charge in [-0.05, 0) is 103 Å². The van der Waals surface area contributed by atoms with Crippen LogP contribution < -0.4 is 21.3 Å². The highest BCUT2D eigenvalue weighted by atomic mass is 16.2. The predicted octanol–water partition coefficient (Wildman–Crippen LogP) is 9.18. The second-order valence-corrected chi connectivity index (χ2v) is 15.5. The summed E-state index contributed by atoms with van der Waals surface area (Å²) in [7, 11) is 0. The highest BCUT2D eigenvalue weighted by Gasteiger charge is 2.15. The fraction of sp³-hybridized carbons (Fsp3) is 0.0741. The molecule has 0 saturated heterocycles. The molecular weight excluding hydrogens is 797 g/mol. The molecule has 312 valence electrons. The second kappa shape index (κ2) is 18.6. The number of hydrogen-bond donors (Lipinski definition) is 4. The number of nitrogens with zero attached hydrogens (tertiary/aromatic N) is 2. The largest absolute Gasteiger partial charge is 0.347 e. The lowest BCUT2D eigenvalue weighted by atomic mass is 9.98. The summed E-state index contributed by atoms with van der Waals surface area (Å²) in [6.45, 7) is 1.16. The highest BCUT2D eigenvalue weighted by Crippen LogP contribution is 2.29. The normalized spacial score (nSPS) is 13.4. The van der Waals surface area contributed by atoms with E-state index < -0.39 is 0 Å². The van der Waals surface area contributed by atoms with Crippen LogP contribution in [-0.2, 0) is 26.2 Å². The third kappa shape index (κ3) is 9.67. The summed E-state index contributed by atoms with van der Waals surface area (Å²) in [5.74, 6) is -1.51. The fourth-order valence-corrected chi connectivity index (χ4v) is 7.48. The van der Waals surface area contributed by atoms with E-state index in [-0.39, 0.29) is 72.6 Å². The quantitative estimate of drug-likeness (QED) is 0.120. The minimum absolute atomic E-state index is 0.155. The van der Waals surface area contributed by atoms with Crippen LogP contribution in [0.25, 0.3) is 44.5 Å². The summed E-state index contributed by atoms with van der Waals surface area (Å²) in [6, 6.07) is 58.2. The van der Waals surface area contributed by atoms with Crippen molar-refractivity contribution < 1.29 is 19.2 Å². The van der Waals surface area contributed by atoms with Crippen LogP contribution in [0.4, 0.5) is 0 Å². The van der Waals surface area contributed by atoms with Crippen molar-refractivity contribution in [3.63, 3.8) is 0 Å². The molecule has 8 aromatic rings. The molecule has 10 heteroatoms. The van der Waals surface area contributed by atoms with E-state index in [1.807, 2.05) is 109 Å². The Kier molecular flexibility index (Phi) is 11.9. The molecule has 0 spiro atoms. The SMILES string of the molecule is O=C1NCc2ccc(cc2)-c2cccc(c2)-c2ccc(cc2)CNC(=O)c2cccc(n2)C(=O)NCc2ccc(cc2)-c2cccc(c2)-c2ccc(cc2)CNC(=O)c2cccc1n2. The van der Waals surface area contributed by atoms with E-state index in [1.54, 1.807) is 36.4 Å². The van der Waals surface area contributed by atoms with Crippen molar-refractivity contribution >= 4 is 23.6 Å². The molecular formula is C54H42N6O4. The minimum atomic E-state index is -0.377. The van der Waals surface area contributed by atoms with Gasteiger partial charge in [0.25, 0.3) is 23.6 Å². The molecule has 10 nitrogen and oxygen atoms in total. The second-order valence-electron chi connectivity index (χ2n) is 15.5. The zero-order valence-electron chi connectivity index (χ0n) is 34.7. The Morgan fingerprint density at radius 1 is 0.266 bits per heavy atom. The Morgan fingerprint density at radius 2 is 0.484 bits per heavy atom. The van der Waals surface area contributed by atoms with Crippen molar-refractivity contribution in [2.75, 3.05) is 0 Å². The first-order valence-corrected chi connectivity index (χ1v) is 21.0. The Bertz CT molecular complexity index is 2610. The fourth-order valence-electron chi connectivity index (χ4n) is 7.48. The van der Waals surface area contributed by atoms with Gasteiger partial charge in [-0.15, -0.1) is 0 Å². The number of pyridine rings is 2. The lowest BCUT2D eigenvalue weighted by Crippen LogP contribution is -2.27. The number of hydrogen-bond acceptors (Lipinski definition) is 6. The van der Waals surface area contributed by atoms with Gasteiger partial charge in [0.1, 0.15) is 22.8 Å². The first-order valence-electron chi connectivity index (χ1n) is 21.0. The van der Waals surface area contributed by atoms with Crippen molar-refractivity contribution in [3.8, 4) is 44.5 Å². The number of carbonyl (C=O) groups excluding carboxylic acids is 4. The maximum Gasteiger partial charge on any atom is 0.270 e. The maximum absolute atomic E-state index is 13.1. The number of benzene rings is 6. The number of carbonyl (C=O) groups is 4. The lowest BCUT2D eigenvalue weighted by Gasteiger charge is -2.11. The van der Waals surface area contributed by atoms with Crippen molar-refractivity contribution in [1.82, 2.24) is 31.2 Å². The molecule has 9 heterocycles. The van der Waals surface area contributed by atoms with Gasteiger partial charge < -0.3 is 21.3 Å². The monoisotopic (exact) mass is 838 g/mol. The summed E-state index contributed by atoms with van der Waals surface area (Å²) in [5.41, 5.74) is 12.5. The van der Waals surface area contributed by atoms with Crippen LogP contribution >= 0.6 is 0 Å². The van der Waals surface area contributed by atoms with Crippen molar-refractivity contribution in [2.24, 2.45) is 0 Å². The Balaban J connectivity index is 0.941. The molecule has 16 bridgehead atoms. The van der Waals surface area contributed by atoms with Gasteiger partial charge >= 0.3 is 0 Å². The predicted molar refractivity (Wildman–Crippen MR) is 248 cm³/mol. The topological polar surface area (TPSA) is 142 Å². The molecule has 0 unspecified atom stereocenters. The van der Waals surface area contributed by atoms with Gasteiger partial charge in [-0.3, -0.25) is 19.2 Å². The van der Waals surface area contributed by atoms with Gasteiger partial charge in [0.05, 0.1) is 0 Å². The van der Waals surface area contributed by atoms with E-state index in [1.165, 1.54) is 0 Å². The van der Waals surface area contributed by atoms with E-state index >= 15 is 0 Å². The summed E-state index contributed by atoms with van der Waals surface area (Å²) >= 11 is 0. The number of amides is 4. The molecule has 15 rings (SSSR count). The maximum atomic E-state index is 13.1. The highest BCUT2D eigenvalue weighted by molar-refractivity contribution is 5.97. The van der Waals surface area contributed by atoms with Gasteiger partial charge in [-0.25, -0.2) is 9.97 Å². The molecule has 0 radical (unpaired) electrons. The van der Waals surface area contributed by atoms with Crippen LogP contribution in [0.1, 0.15) is 64.2 Å². The van der Waals surface area contributed by atoms with Gasteiger partial charge in [0.2, 0.25) is 0 Å². The van der Waals surface area contributed by atoms with E-state index in [0.717, 1.165) is 66.8 Å². The average molecular weight is 839 g/mol. The number of aromatic nitrogens is 2. The number of rotatable bonds is 0. The zero-order valence-corrected chi connectivity index (χ0v) is 34.7. The van der Waals surface area contributed by atoms with Crippen LogP contribution in [0.15, 0.2) is 182 Å². The van der Waals surface area contributed by atoms with Crippen LogP contribution in [0.5, 0.6) is 0 Å². The molecule has 6 aromatic carbocycles. The standard InChI is InChI=1S/C54H42N6O4/c61-51-47-9-3-11-49(59-47)53(63)57-33-37-17-25-41(26-18-37)45-7-2-8-46(30-45)42-27-19-38(20-28-42)34-58-54(64)50-12-4-10-48(60-50)52(62)56-32-36-15-23-40(24-16-36)44-6-1-5-43(29-44)39-21-13-35(14-22-39)31-55-51/h1-30H,31-34H2,(H,55,61)(H,56,62)(H,57,63)(H,58,64). The van der Waals surface area contributed by atoms with E-state index in [0.29, 0.717) is 0 Å². The van der Waals surface area contributed by atoms with Gasteiger partial charge in [-0.1, -0.05) is 146 Å². The minimum Gasteiger partial charge on any atom is -0.347 e. The molecule has 7 aliphatic heterocycles. The first kappa shape index (κ1) is 40.9. The molecule has 7 aliphatic rings. The third-order valence-corrected chi connectivity index (χ3v) is 11.1. The molecule has 0 aliphatic carbocycles. The van der Waals surface area contributed by atoms with Gasteiger partial charge in [0.15, 0.2) is 0 Å². The van der Waals surface area contributed by atoms with Crippen LogP contribution in [-0.4, -0.2) is 33.6 Å². The third-order valence-electron chi connectivity index (χ3n) is 11.1. The number of nitrogens with one attached hydrogen (secondary N) is 4. The zero-order chi connectivity index (χ0) is 43.8. The molecule has 0 atom stereocenters. The molecule has 0 saturated carbocycles. The smallest absolute Gasteiger partial charge is 0.270 e. The molecule has 4 amide bonds. The molecule has 0 fully saturated rings. The van der Waals surface area contributed by atoms with Crippen molar-refractivity contribution in [3.05, 3.63) is 227 Å². The van der Waals surface area contributed by atoms with Gasteiger partial charge in [0, 0.05) is 26.2 Å². The van der Waals surface area contributed by atoms with E-state index in [2.05, 4.69) is 67.6 Å². The van der Waals surface area contributed by atoms with Crippen molar-refractivity contribution in [1.29, 1.82) is 0 Å². The Hall–Kier alpha value is -8.50. The molecule has 4 N–H and O–H groups in total. The van der Waals surface area contributed by atoms with E-state index in [9.17, 15) is 19.2 Å². The van der Waals surface area contributed by atoms with Gasteiger partial charge in [-0.2, -0.15) is 0 Å². The van der Waals surface area contributed by atoms with Crippen LogP contribution in [0, 0.1) is 0 Å². The van der Waals surface area contributed by atoms with Crippen LogP contribution in [0.3, 0.4) is 0 Å². The summed E-state index contributed by atoms with van der Waals surface area (Å²) in [6.07, 6.45) is 0. The van der Waals surface area contributed by atoms with Crippen LogP contribution in [0.2, 0.25) is 0 Å². The summed E-state index contributed by atoms with van der Waals surface area (Å²) in [5, 5.41) is 11.7. The first-order chi connectivity index (χ1) is 31.3. The van der Waals surface area contributed by atoms with Crippen molar-refractivity contribution in [2.45, 2.75) is 26.2 Å².